The van der Waals surface area contributed by atoms with Gasteiger partial charge in [0.1, 0.15) is 6.04 Å². The zero-order chi connectivity index (χ0) is 26.7. The summed E-state index contributed by atoms with van der Waals surface area (Å²) in [7, 11) is 0. The topological polar surface area (TPSA) is 46.3 Å². The van der Waals surface area contributed by atoms with E-state index in [1.807, 2.05) is 47.5 Å². The lowest BCUT2D eigenvalue weighted by Crippen LogP contribution is -2.59. The summed E-state index contributed by atoms with van der Waals surface area (Å²) in [6.07, 6.45) is 0. The Balaban J connectivity index is 1.48. The molecule has 3 fully saturated rings. The average molecular weight is 539 g/mol. The number of fused-ring (bicyclic) bond motifs is 1. The second-order valence-corrected chi connectivity index (χ2v) is 11.7. The molecule has 0 aromatic heterocycles. The SMILES string of the molecule is CC1(C)CO[C@@]2(N1)ON(Cc1ccccc1)C(c1ccc(Cl)cc1)[C@]21OC1(c1ccccc1)c1ccccc1. The highest BCUT2D eigenvalue weighted by molar-refractivity contribution is 6.30. The minimum absolute atomic E-state index is 0.322. The molecule has 3 aliphatic heterocycles. The van der Waals surface area contributed by atoms with Crippen LogP contribution in [0.3, 0.4) is 0 Å². The van der Waals surface area contributed by atoms with Crippen LogP contribution in [0.25, 0.3) is 0 Å². The van der Waals surface area contributed by atoms with Gasteiger partial charge in [-0.1, -0.05) is 115 Å². The predicted octanol–water partition coefficient (Wildman–Crippen LogP) is 6.59. The molecule has 39 heavy (non-hydrogen) atoms. The Hall–Kier alpha value is -3.03. The van der Waals surface area contributed by atoms with Gasteiger partial charge >= 0.3 is 0 Å². The number of hydrogen-bond donors (Lipinski definition) is 1. The molecule has 6 heteroatoms. The first-order valence-electron chi connectivity index (χ1n) is 13.4. The third-order valence-corrected chi connectivity index (χ3v) is 8.32. The minimum atomic E-state index is -1.23. The molecule has 3 saturated heterocycles. The lowest BCUT2D eigenvalue weighted by molar-refractivity contribution is -0.311. The van der Waals surface area contributed by atoms with Crippen LogP contribution in [0.1, 0.15) is 42.1 Å². The summed E-state index contributed by atoms with van der Waals surface area (Å²) in [5.41, 5.74) is 2.15. The molecule has 1 unspecified atom stereocenters. The molecule has 3 atom stereocenters. The average Bonchev–Trinajstić information content (AvgIpc) is 3.47. The number of halogens is 1. The normalized spacial score (nSPS) is 28.7. The molecule has 0 aliphatic carbocycles. The molecule has 7 rings (SSSR count). The standard InChI is InChI=1S/C33H31ClN2O3/c1-30(2)23-37-33(35-30)32(31(38-32,26-14-8-4-9-15-26)27-16-10-5-11-17-27)29(25-18-20-28(34)21-19-25)36(39-33)22-24-12-6-3-7-13-24/h3-21,29,35H,22-23H2,1-2H3/t29?,32-,33-/m1/s1. The van der Waals surface area contributed by atoms with Crippen LogP contribution >= 0.6 is 11.6 Å². The van der Waals surface area contributed by atoms with E-state index in [-0.39, 0.29) is 11.6 Å². The van der Waals surface area contributed by atoms with E-state index in [1.54, 1.807) is 0 Å². The number of ether oxygens (including phenoxy) is 2. The van der Waals surface area contributed by atoms with E-state index in [0.29, 0.717) is 18.2 Å². The van der Waals surface area contributed by atoms with E-state index in [2.05, 4.69) is 92.0 Å². The minimum Gasteiger partial charge on any atom is -0.342 e. The first kappa shape index (κ1) is 25.0. The summed E-state index contributed by atoms with van der Waals surface area (Å²) in [5, 5.41) is 6.45. The predicted molar refractivity (Wildman–Crippen MR) is 151 cm³/mol. The number of benzene rings is 4. The van der Waals surface area contributed by atoms with Crippen molar-refractivity contribution in [3.8, 4) is 0 Å². The van der Waals surface area contributed by atoms with Crippen molar-refractivity contribution < 1.29 is 14.3 Å². The molecular weight excluding hydrogens is 508 g/mol. The van der Waals surface area contributed by atoms with Crippen molar-refractivity contribution in [1.82, 2.24) is 10.4 Å². The van der Waals surface area contributed by atoms with E-state index >= 15 is 0 Å². The van der Waals surface area contributed by atoms with Gasteiger partial charge in [-0.25, -0.2) is 4.84 Å². The van der Waals surface area contributed by atoms with E-state index in [4.69, 9.17) is 25.9 Å². The highest BCUT2D eigenvalue weighted by atomic mass is 35.5. The zero-order valence-electron chi connectivity index (χ0n) is 22.0. The van der Waals surface area contributed by atoms with Gasteiger partial charge in [-0.15, -0.1) is 0 Å². The number of hydroxylamine groups is 2. The molecule has 0 amide bonds. The van der Waals surface area contributed by atoms with Crippen molar-refractivity contribution in [3.05, 3.63) is 143 Å². The Morgan fingerprint density at radius 2 is 1.36 bits per heavy atom. The third kappa shape index (κ3) is 3.73. The highest BCUT2D eigenvalue weighted by Crippen LogP contribution is 2.74. The van der Waals surface area contributed by atoms with Gasteiger partial charge in [-0.3, -0.25) is 5.32 Å². The van der Waals surface area contributed by atoms with Crippen molar-refractivity contribution in [3.63, 3.8) is 0 Å². The first-order valence-corrected chi connectivity index (χ1v) is 13.8. The second-order valence-electron chi connectivity index (χ2n) is 11.3. The third-order valence-electron chi connectivity index (χ3n) is 8.07. The van der Waals surface area contributed by atoms with Gasteiger partial charge in [0.25, 0.3) is 5.91 Å². The van der Waals surface area contributed by atoms with Gasteiger partial charge in [0, 0.05) is 10.6 Å². The Morgan fingerprint density at radius 3 is 1.90 bits per heavy atom. The molecule has 5 nitrogen and oxygen atoms in total. The fourth-order valence-corrected chi connectivity index (χ4v) is 6.60. The number of epoxide rings is 1. The number of nitrogens with zero attached hydrogens (tertiary/aromatic N) is 1. The monoisotopic (exact) mass is 538 g/mol. The van der Waals surface area contributed by atoms with Crippen molar-refractivity contribution in [1.29, 1.82) is 0 Å². The van der Waals surface area contributed by atoms with Crippen molar-refractivity contribution in [2.75, 3.05) is 6.61 Å². The van der Waals surface area contributed by atoms with E-state index < -0.39 is 17.1 Å². The second kappa shape index (κ2) is 9.00. The smallest absolute Gasteiger partial charge is 0.281 e. The van der Waals surface area contributed by atoms with Crippen LogP contribution in [0.2, 0.25) is 5.02 Å². The number of nitrogens with one attached hydrogen (secondary N) is 1. The summed E-state index contributed by atoms with van der Waals surface area (Å²) in [5.74, 6) is -1.23. The molecule has 2 spiro atoms. The highest BCUT2D eigenvalue weighted by Gasteiger charge is 2.90. The number of rotatable bonds is 5. The van der Waals surface area contributed by atoms with Gasteiger partial charge in [0.05, 0.1) is 13.2 Å². The van der Waals surface area contributed by atoms with Crippen LogP contribution in [0, 0.1) is 0 Å². The maximum Gasteiger partial charge on any atom is 0.281 e. The number of hydrogen-bond acceptors (Lipinski definition) is 5. The summed E-state index contributed by atoms with van der Waals surface area (Å²) in [6, 6.07) is 38.9. The Kier molecular flexibility index (Phi) is 5.76. The lowest BCUT2D eigenvalue weighted by Gasteiger charge is -2.32. The molecule has 4 aromatic rings. The fraction of sp³-hybridized carbons (Fsp3) is 0.273. The van der Waals surface area contributed by atoms with Gasteiger partial charge < -0.3 is 9.47 Å². The molecule has 4 aromatic carbocycles. The van der Waals surface area contributed by atoms with Crippen LogP contribution in [0.4, 0.5) is 0 Å². The Morgan fingerprint density at radius 1 is 0.795 bits per heavy atom. The van der Waals surface area contributed by atoms with Gasteiger partial charge in [0.15, 0.2) is 11.2 Å². The molecule has 0 radical (unpaired) electrons. The summed E-state index contributed by atoms with van der Waals surface area (Å²) in [6.45, 7) is 5.28. The van der Waals surface area contributed by atoms with Crippen LogP contribution < -0.4 is 5.32 Å². The van der Waals surface area contributed by atoms with Gasteiger partial charge in [-0.05, 0) is 48.2 Å². The van der Waals surface area contributed by atoms with Crippen LogP contribution in [0.5, 0.6) is 0 Å². The molecule has 0 saturated carbocycles. The largest absolute Gasteiger partial charge is 0.342 e. The molecule has 0 bridgehead atoms. The van der Waals surface area contributed by atoms with Crippen LogP contribution in [-0.4, -0.2) is 28.7 Å². The maximum atomic E-state index is 7.23. The van der Waals surface area contributed by atoms with E-state index in [1.165, 1.54) is 0 Å². The van der Waals surface area contributed by atoms with Gasteiger partial charge in [-0.2, -0.15) is 5.06 Å². The van der Waals surface area contributed by atoms with Crippen molar-refractivity contribution in [2.45, 2.75) is 49.1 Å². The molecular formula is C33H31ClN2O3. The summed E-state index contributed by atoms with van der Waals surface area (Å²) in [4.78, 5) is 6.96. The quantitative estimate of drug-likeness (QED) is 0.290. The Labute approximate surface area is 234 Å². The van der Waals surface area contributed by atoms with Crippen molar-refractivity contribution in [2.24, 2.45) is 0 Å². The van der Waals surface area contributed by atoms with Crippen molar-refractivity contribution >= 4 is 11.6 Å². The lowest BCUT2D eigenvalue weighted by atomic mass is 9.73. The van der Waals surface area contributed by atoms with Crippen LogP contribution in [0.15, 0.2) is 115 Å². The maximum absolute atomic E-state index is 7.23. The van der Waals surface area contributed by atoms with E-state index in [0.717, 1.165) is 22.3 Å². The molecule has 3 heterocycles. The van der Waals surface area contributed by atoms with Gasteiger partial charge in [0.2, 0.25) is 0 Å². The first-order chi connectivity index (χ1) is 18.9. The zero-order valence-corrected chi connectivity index (χ0v) is 22.8. The summed E-state index contributed by atoms with van der Waals surface area (Å²) < 4.78 is 13.9. The van der Waals surface area contributed by atoms with Crippen LogP contribution in [-0.2, 0) is 26.5 Å². The van der Waals surface area contributed by atoms with E-state index in [9.17, 15) is 0 Å². The molecule has 3 aliphatic rings. The molecule has 1 N–H and O–H groups in total. The summed E-state index contributed by atoms with van der Waals surface area (Å²) >= 11 is 6.36. The Bertz CT molecular complexity index is 1430. The fourth-order valence-electron chi connectivity index (χ4n) is 6.47. The molecule has 198 valence electrons.